The number of anilines is 1. The molecule has 2 aromatic rings. The van der Waals surface area contributed by atoms with Gasteiger partial charge in [-0.2, -0.15) is 0 Å². The van der Waals surface area contributed by atoms with Crippen LogP contribution in [0.3, 0.4) is 0 Å². The SMILES string of the molecule is Cc1ccccc1CC(=O)Nc1ccc(C2OC(=O)NC2=O)cc1. The molecule has 0 saturated carbocycles. The van der Waals surface area contributed by atoms with E-state index in [-0.39, 0.29) is 12.3 Å². The second-order valence-corrected chi connectivity index (χ2v) is 5.55. The molecule has 1 aliphatic rings. The molecule has 6 nitrogen and oxygen atoms in total. The Balaban J connectivity index is 1.64. The van der Waals surface area contributed by atoms with Crippen LogP contribution >= 0.6 is 0 Å². The first-order valence-electron chi connectivity index (χ1n) is 7.49. The number of carbonyl (C=O) groups excluding carboxylic acids is 3. The number of benzene rings is 2. The second kappa shape index (κ2) is 6.54. The lowest BCUT2D eigenvalue weighted by molar-refractivity contribution is -0.123. The highest BCUT2D eigenvalue weighted by atomic mass is 16.6. The summed E-state index contributed by atoms with van der Waals surface area (Å²) in [6.07, 6.45) is -1.40. The Bertz CT molecular complexity index is 799. The first kappa shape index (κ1) is 15.7. The summed E-state index contributed by atoms with van der Waals surface area (Å²) >= 11 is 0. The van der Waals surface area contributed by atoms with Crippen LogP contribution in [0.15, 0.2) is 48.5 Å². The smallest absolute Gasteiger partial charge is 0.415 e. The Morgan fingerprint density at radius 2 is 1.83 bits per heavy atom. The molecule has 0 aliphatic carbocycles. The Kier molecular flexibility index (Phi) is 4.29. The number of amides is 3. The van der Waals surface area contributed by atoms with Crippen LogP contribution in [-0.2, 0) is 20.7 Å². The van der Waals surface area contributed by atoms with Crippen LogP contribution in [0, 0.1) is 6.92 Å². The predicted octanol–water partition coefficient (Wildman–Crippen LogP) is 2.48. The van der Waals surface area contributed by atoms with E-state index >= 15 is 0 Å². The Morgan fingerprint density at radius 3 is 2.46 bits per heavy atom. The molecular formula is C18H16N2O4. The number of alkyl carbamates (subject to hydrolysis) is 1. The predicted molar refractivity (Wildman–Crippen MR) is 87.3 cm³/mol. The van der Waals surface area contributed by atoms with Gasteiger partial charge in [0, 0.05) is 11.3 Å². The monoisotopic (exact) mass is 324 g/mol. The number of hydrogen-bond acceptors (Lipinski definition) is 4. The molecule has 1 aliphatic heterocycles. The topological polar surface area (TPSA) is 84.5 Å². The summed E-state index contributed by atoms with van der Waals surface area (Å²) in [5.74, 6) is -0.613. The number of nitrogens with one attached hydrogen (secondary N) is 2. The first-order chi connectivity index (χ1) is 11.5. The molecular weight excluding hydrogens is 308 g/mol. The van der Waals surface area contributed by atoms with Crippen LogP contribution < -0.4 is 10.6 Å². The third-order valence-corrected chi connectivity index (χ3v) is 3.80. The number of rotatable bonds is 4. The van der Waals surface area contributed by atoms with Crippen molar-refractivity contribution in [2.24, 2.45) is 0 Å². The van der Waals surface area contributed by atoms with Crippen molar-refractivity contribution in [2.75, 3.05) is 5.32 Å². The molecule has 0 bridgehead atoms. The van der Waals surface area contributed by atoms with Gasteiger partial charge < -0.3 is 10.1 Å². The van der Waals surface area contributed by atoms with Crippen LogP contribution in [-0.4, -0.2) is 17.9 Å². The number of imide groups is 1. The van der Waals surface area contributed by atoms with Gasteiger partial charge in [0.1, 0.15) is 0 Å². The summed E-state index contributed by atoms with van der Waals surface area (Å²) in [4.78, 5) is 34.7. The third-order valence-electron chi connectivity index (χ3n) is 3.80. The van der Waals surface area contributed by atoms with Gasteiger partial charge in [-0.05, 0) is 30.2 Å². The van der Waals surface area contributed by atoms with Gasteiger partial charge in [-0.3, -0.25) is 14.9 Å². The fourth-order valence-electron chi connectivity index (χ4n) is 2.50. The molecule has 3 rings (SSSR count). The summed E-state index contributed by atoms with van der Waals surface area (Å²) < 4.78 is 4.89. The lowest BCUT2D eigenvalue weighted by Crippen LogP contribution is -2.20. The quantitative estimate of drug-likeness (QED) is 0.905. The molecule has 2 N–H and O–H groups in total. The normalized spacial score (nSPS) is 16.5. The van der Waals surface area contributed by atoms with Crippen molar-refractivity contribution in [2.45, 2.75) is 19.4 Å². The van der Waals surface area contributed by atoms with E-state index in [4.69, 9.17) is 4.74 Å². The summed E-state index contributed by atoms with van der Waals surface area (Å²) in [6.45, 7) is 1.96. The van der Waals surface area contributed by atoms with Crippen LogP contribution in [0.1, 0.15) is 22.8 Å². The highest BCUT2D eigenvalue weighted by Crippen LogP contribution is 2.23. The van der Waals surface area contributed by atoms with E-state index in [1.54, 1.807) is 24.3 Å². The van der Waals surface area contributed by atoms with Gasteiger partial charge in [0.05, 0.1) is 6.42 Å². The minimum absolute atomic E-state index is 0.123. The van der Waals surface area contributed by atoms with Gasteiger partial charge in [-0.15, -0.1) is 0 Å². The molecule has 1 heterocycles. The zero-order chi connectivity index (χ0) is 17.1. The van der Waals surface area contributed by atoms with E-state index in [1.807, 2.05) is 31.2 Å². The Labute approximate surface area is 138 Å². The van der Waals surface area contributed by atoms with E-state index in [0.29, 0.717) is 11.3 Å². The third kappa shape index (κ3) is 3.43. The van der Waals surface area contributed by atoms with E-state index in [0.717, 1.165) is 11.1 Å². The number of aryl methyl sites for hydroxylation is 1. The van der Waals surface area contributed by atoms with Gasteiger partial charge in [0.2, 0.25) is 12.0 Å². The van der Waals surface area contributed by atoms with E-state index in [9.17, 15) is 14.4 Å². The van der Waals surface area contributed by atoms with Crippen molar-refractivity contribution >= 4 is 23.6 Å². The summed E-state index contributed by atoms with van der Waals surface area (Å²) in [7, 11) is 0. The molecule has 2 aromatic carbocycles. The molecule has 1 unspecified atom stereocenters. The Morgan fingerprint density at radius 1 is 1.12 bits per heavy atom. The number of hydrogen-bond donors (Lipinski definition) is 2. The number of ether oxygens (including phenoxy) is 1. The lowest BCUT2D eigenvalue weighted by Gasteiger charge is -2.10. The summed E-state index contributed by atoms with van der Waals surface area (Å²) in [5, 5.41) is 4.88. The molecule has 0 radical (unpaired) electrons. The van der Waals surface area contributed by atoms with Gasteiger partial charge in [0.15, 0.2) is 0 Å². The molecule has 1 atom stereocenters. The molecule has 6 heteroatoms. The van der Waals surface area contributed by atoms with Gasteiger partial charge in [0.25, 0.3) is 5.91 Å². The average molecular weight is 324 g/mol. The average Bonchev–Trinajstić information content (AvgIpc) is 2.89. The molecule has 1 saturated heterocycles. The zero-order valence-electron chi connectivity index (χ0n) is 13.0. The lowest BCUT2D eigenvalue weighted by atomic mass is 10.1. The highest BCUT2D eigenvalue weighted by Gasteiger charge is 2.33. The Hall–Kier alpha value is -3.15. The fraction of sp³-hybridized carbons (Fsp3) is 0.167. The van der Waals surface area contributed by atoms with Crippen molar-refractivity contribution in [3.8, 4) is 0 Å². The van der Waals surface area contributed by atoms with Gasteiger partial charge in [-0.1, -0.05) is 36.4 Å². The van der Waals surface area contributed by atoms with Crippen LogP contribution in [0.4, 0.5) is 10.5 Å². The highest BCUT2D eigenvalue weighted by molar-refractivity contribution is 6.00. The van der Waals surface area contributed by atoms with Crippen LogP contribution in [0.25, 0.3) is 0 Å². The fourth-order valence-corrected chi connectivity index (χ4v) is 2.50. The summed E-state index contributed by atoms with van der Waals surface area (Å²) in [6, 6.07) is 14.4. The van der Waals surface area contributed by atoms with Crippen molar-refractivity contribution in [3.63, 3.8) is 0 Å². The standard InChI is InChI=1S/C18H16N2O4/c1-11-4-2-3-5-13(11)10-15(21)19-14-8-6-12(7-9-14)16-17(22)20-18(23)24-16/h2-9,16H,10H2,1H3,(H,19,21)(H,20,22,23). The number of carbonyl (C=O) groups is 3. The van der Waals surface area contributed by atoms with Crippen molar-refractivity contribution < 1.29 is 19.1 Å². The summed E-state index contributed by atoms with van der Waals surface area (Å²) in [5.41, 5.74) is 3.20. The second-order valence-electron chi connectivity index (χ2n) is 5.55. The number of cyclic esters (lactones) is 1. The van der Waals surface area contributed by atoms with E-state index < -0.39 is 18.1 Å². The van der Waals surface area contributed by atoms with Gasteiger partial charge >= 0.3 is 6.09 Å². The van der Waals surface area contributed by atoms with E-state index in [1.165, 1.54) is 0 Å². The maximum atomic E-state index is 12.1. The van der Waals surface area contributed by atoms with Crippen molar-refractivity contribution in [1.82, 2.24) is 5.32 Å². The first-order valence-corrected chi connectivity index (χ1v) is 7.49. The molecule has 3 amide bonds. The molecule has 122 valence electrons. The molecule has 0 spiro atoms. The van der Waals surface area contributed by atoms with Crippen LogP contribution in [0.5, 0.6) is 0 Å². The maximum absolute atomic E-state index is 12.1. The minimum atomic E-state index is -0.936. The molecule has 1 fully saturated rings. The zero-order valence-corrected chi connectivity index (χ0v) is 13.0. The maximum Gasteiger partial charge on any atom is 0.415 e. The molecule has 0 aromatic heterocycles. The van der Waals surface area contributed by atoms with Gasteiger partial charge in [-0.25, -0.2) is 4.79 Å². The largest absolute Gasteiger partial charge is 0.431 e. The van der Waals surface area contributed by atoms with Crippen molar-refractivity contribution in [1.29, 1.82) is 0 Å². The molecule has 24 heavy (non-hydrogen) atoms. The van der Waals surface area contributed by atoms with Crippen LogP contribution in [0.2, 0.25) is 0 Å². The van der Waals surface area contributed by atoms with E-state index in [2.05, 4.69) is 10.6 Å². The minimum Gasteiger partial charge on any atom is -0.431 e. The van der Waals surface area contributed by atoms with Crippen molar-refractivity contribution in [3.05, 3.63) is 65.2 Å².